The summed E-state index contributed by atoms with van der Waals surface area (Å²) in [7, 11) is 0. The van der Waals surface area contributed by atoms with Gasteiger partial charge in [-0.15, -0.1) is 0 Å². The number of pyridine rings is 1. The molecule has 24 heavy (non-hydrogen) atoms. The molecule has 4 nitrogen and oxygen atoms in total. The summed E-state index contributed by atoms with van der Waals surface area (Å²) in [6, 6.07) is 14.2. The summed E-state index contributed by atoms with van der Waals surface area (Å²) in [5.74, 6) is 1.39. The number of rotatable bonds is 6. The molecular weight excluding hydrogens is 300 g/mol. The molecule has 2 aromatic rings. The number of hydrogen-bond donors (Lipinski definition) is 1. The molecule has 1 saturated heterocycles. The van der Waals surface area contributed by atoms with E-state index in [1.54, 1.807) is 0 Å². The number of morpholine rings is 1. The molecular formula is C20H26N2O2. The molecule has 1 fully saturated rings. The third-order valence-corrected chi connectivity index (χ3v) is 4.13. The lowest BCUT2D eigenvalue weighted by Gasteiger charge is -2.32. The summed E-state index contributed by atoms with van der Waals surface area (Å²) in [5.41, 5.74) is 2.14. The molecule has 4 heteroatoms. The van der Waals surface area contributed by atoms with E-state index in [1.165, 1.54) is 0 Å². The smallest absolute Gasteiger partial charge is 0.151 e. The van der Waals surface area contributed by atoms with Gasteiger partial charge in [0, 0.05) is 19.3 Å². The average Bonchev–Trinajstić information content (AvgIpc) is 2.62. The highest BCUT2D eigenvalue weighted by atomic mass is 16.5. The van der Waals surface area contributed by atoms with Crippen LogP contribution >= 0.6 is 0 Å². The van der Waals surface area contributed by atoms with E-state index in [2.05, 4.69) is 36.3 Å². The number of nitrogens with one attached hydrogen (secondary N) is 1. The molecule has 0 spiro atoms. The second-order valence-corrected chi connectivity index (χ2v) is 6.61. The van der Waals surface area contributed by atoms with E-state index in [0.717, 1.165) is 36.5 Å². The Morgan fingerprint density at radius 1 is 1.21 bits per heavy atom. The van der Waals surface area contributed by atoms with Crippen molar-refractivity contribution in [3.8, 4) is 5.75 Å². The normalized spacial score (nSPS) is 19.2. The minimum atomic E-state index is -0.144. The zero-order chi connectivity index (χ0) is 16.8. The van der Waals surface area contributed by atoms with Crippen molar-refractivity contribution < 1.29 is 9.47 Å². The summed E-state index contributed by atoms with van der Waals surface area (Å²) in [5, 5.41) is 3.40. The molecule has 1 unspecified atom stereocenters. The third-order valence-electron chi connectivity index (χ3n) is 4.13. The first kappa shape index (κ1) is 16.9. The topological polar surface area (TPSA) is 43.4 Å². The second-order valence-electron chi connectivity index (χ2n) is 6.61. The number of ether oxygens (including phenoxy) is 2. The molecule has 0 radical (unpaired) electrons. The molecule has 128 valence electrons. The maximum Gasteiger partial charge on any atom is 0.151 e. The van der Waals surface area contributed by atoms with Crippen LogP contribution in [0.15, 0.2) is 48.7 Å². The Morgan fingerprint density at radius 3 is 2.75 bits per heavy atom. The minimum absolute atomic E-state index is 0.00624. The standard InChI is InChI=1S/C20H26N2O2/c1-15(2)13-17-18(9-6-10-22-17)24-20(16-7-4-3-5-8-16)19-14-21-11-12-23-19/h3-10,15,19-21H,11-14H2,1-2H3/t19-,20?/m0/s1. The van der Waals surface area contributed by atoms with Crippen LogP contribution in [0.1, 0.15) is 31.2 Å². The van der Waals surface area contributed by atoms with E-state index in [0.29, 0.717) is 12.5 Å². The molecule has 1 N–H and O–H groups in total. The van der Waals surface area contributed by atoms with Gasteiger partial charge >= 0.3 is 0 Å². The van der Waals surface area contributed by atoms with Crippen LogP contribution in [0, 0.1) is 5.92 Å². The van der Waals surface area contributed by atoms with Crippen LogP contribution in [0.25, 0.3) is 0 Å². The lowest BCUT2D eigenvalue weighted by Crippen LogP contribution is -2.43. The fraction of sp³-hybridized carbons (Fsp3) is 0.450. The van der Waals surface area contributed by atoms with Crippen LogP contribution in [0.3, 0.4) is 0 Å². The monoisotopic (exact) mass is 326 g/mol. The zero-order valence-electron chi connectivity index (χ0n) is 14.4. The lowest BCUT2D eigenvalue weighted by molar-refractivity contribution is -0.0436. The molecule has 2 heterocycles. The zero-order valence-corrected chi connectivity index (χ0v) is 14.4. The SMILES string of the molecule is CC(C)Cc1ncccc1OC(c1ccccc1)[C@@H]1CNCCO1. The Morgan fingerprint density at radius 2 is 2.04 bits per heavy atom. The first-order valence-electron chi connectivity index (χ1n) is 8.72. The summed E-state index contributed by atoms with van der Waals surface area (Å²) in [4.78, 5) is 4.53. The molecule has 3 rings (SSSR count). The highest BCUT2D eigenvalue weighted by Crippen LogP contribution is 2.29. The van der Waals surface area contributed by atoms with Crippen LogP contribution in [-0.2, 0) is 11.2 Å². The number of aromatic nitrogens is 1. The molecule has 1 aromatic heterocycles. The van der Waals surface area contributed by atoms with Crippen LogP contribution in [0.2, 0.25) is 0 Å². The van der Waals surface area contributed by atoms with Gasteiger partial charge in [0.15, 0.2) is 6.10 Å². The van der Waals surface area contributed by atoms with E-state index in [1.807, 2.05) is 36.5 Å². The maximum absolute atomic E-state index is 6.44. The number of benzene rings is 1. The Kier molecular flexibility index (Phi) is 5.83. The van der Waals surface area contributed by atoms with Gasteiger partial charge in [0.2, 0.25) is 0 Å². The van der Waals surface area contributed by atoms with Gasteiger partial charge in [-0.1, -0.05) is 44.2 Å². The van der Waals surface area contributed by atoms with Crippen molar-refractivity contribution in [2.24, 2.45) is 5.92 Å². The van der Waals surface area contributed by atoms with Gasteiger partial charge in [-0.05, 0) is 30.0 Å². The molecule has 0 bridgehead atoms. The van der Waals surface area contributed by atoms with Crippen molar-refractivity contribution in [3.05, 3.63) is 59.9 Å². The van der Waals surface area contributed by atoms with Gasteiger partial charge in [-0.2, -0.15) is 0 Å². The van der Waals surface area contributed by atoms with Gasteiger partial charge in [0.05, 0.1) is 12.3 Å². The van der Waals surface area contributed by atoms with Gasteiger partial charge in [0.1, 0.15) is 11.9 Å². The summed E-state index contributed by atoms with van der Waals surface area (Å²) in [6.45, 7) is 6.79. The van der Waals surface area contributed by atoms with Crippen LogP contribution in [0.4, 0.5) is 0 Å². The third kappa shape index (κ3) is 4.34. The fourth-order valence-electron chi connectivity index (χ4n) is 2.99. The Balaban J connectivity index is 1.87. The highest BCUT2D eigenvalue weighted by Gasteiger charge is 2.28. The Bertz CT molecular complexity index is 625. The van der Waals surface area contributed by atoms with Crippen molar-refractivity contribution in [1.82, 2.24) is 10.3 Å². The van der Waals surface area contributed by atoms with E-state index in [-0.39, 0.29) is 12.2 Å². The van der Waals surface area contributed by atoms with Crippen molar-refractivity contribution in [3.63, 3.8) is 0 Å². The summed E-state index contributed by atoms with van der Waals surface area (Å²) < 4.78 is 12.4. The highest BCUT2D eigenvalue weighted by molar-refractivity contribution is 5.29. The second kappa shape index (κ2) is 8.27. The summed E-state index contributed by atoms with van der Waals surface area (Å²) >= 11 is 0. The van der Waals surface area contributed by atoms with E-state index < -0.39 is 0 Å². The molecule has 1 aliphatic heterocycles. The maximum atomic E-state index is 6.44. The molecule has 2 atom stereocenters. The quantitative estimate of drug-likeness (QED) is 0.884. The van der Waals surface area contributed by atoms with Gasteiger partial charge in [-0.3, -0.25) is 4.98 Å². The van der Waals surface area contributed by atoms with Gasteiger partial charge < -0.3 is 14.8 Å². The molecule has 0 aliphatic carbocycles. The van der Waals surface area contributed by atoms with Crippen molar-refractivity contribution in [1.29, 1.82) is 0 Å². The lowest BCUT2D eigenvalue weighted by atomic mass is 10.0. The Labute approximate surface area is 144 Å². The van der Waals surface area contributed by atoms with Gasteiger partial charge in [-0.25, -0.2) is 0 Å². The van der Waals surface area contributed by atoms with Crippen LogP contribution < -0.4 is 10.1 Å². The predicted molar refractivity (Wildman–Crippen MR) is 95.2 cm³/mol. The van der Waals surface area contributed by atoms with E-state index in [9.17, 15) is 0 Å². The van der Waals surface area contributed by atoms with Crippen molar-refractivity contribution in [2.75, 3.05) is 19.7 Å². The van der Waals surface area contributed by atoms with E-state index in [4.69, 9.17) is 9.47 Å². The average molecular weight is 326 g/mol. The van der Waals surface area contributed by atoms with Crippen LogP contribution in [-0.4, -0.2) is 30.8 Å². The predicted octanol–water partition coefficient (Wildman–Crippen LogP) is 3.39. The first-order valence-corrected chi connectivity index (χ1v) is 8.72. The molecule has 1 aromatic carbocycles. The number of hydrogen-bond acceptors (Lipinski definition) is 4. The molecule has 1 aliphatic rings. The molecule has 0 saturated carbocycles. The molecule has 0 amide bonds. The summed E-state index contributed by atoms with van der Waals surface area (Å²) in [6.07, 6.45) is 2.59. The fourth-order valence-corrected chi connectivity index (χ4v) is 2.99. The Hall–Kier alpha value is -1.91. The van der Waals surface area contributed by atoms with Crippen molar-refractivity contribution in [2.45, 2.75) is 32.5 Å². The van der Waals surface area contributed by atoms with E-state index >= 15 is 0 Å². The van der Waals surface area contributed by atoms with Crippen molar-refractivity contribution >= 4 is 0 Å². The number of nitrogens with zero attached hydrogens (tertiary/aromatic N) is 1. The first-order chi connectivity index (χ1) is 11.7. The minimum Gasteiger partial charge on any atom is -0.481 e. The van der Waals surface area contributed by atoms with Gasteiger partial charge in [0.25, 0.3) is 0 Å². The van der Waals surface area contributed by atoms with Crippen LogP contribution in [0.5, 0.6) is 5.75 Å². The largest absolute Gasteiger partial charge is 0.481 e.